The predicted octanol–water partition coefficient (Wildman–Crippen LogP) is 2.92. The van der Waals surface area contributed by atoms with Crippen molar-refractivity contribution in [1.82, 2.24) is 5.43 Å². The minimum Gasteiger partial charge on any atom is -0.369 e. The lowest BCUT2D eigenvalue weighted by Gasteiger charge is -2.32. The molecule has 3 nitrogen and oxygen atoms in total. The molecule has 0 amide bonds. The molecule has 2 rings (SSSR count). The highest BCUT2D eigenvalue weighted by Gasteiger charge is 2.49. The summed E-state index contributed by atoms with van der Waals surface area (Å²) < 4.78 is 19.1. The molecule has 2 atom stereocenters. The molecule has 19 heavy (non-hydrogen) atoms. The number of rotatable bonds is 3. The second kappa shape index (κ2) is 4.85. The Labute approximate surface area is 114 Å². The van der Waals surface area contributed by atoms with Crippen LogP contribution in [0.2, 0.25) is 0 Å². The number of benzene rings is 1. The van der Waals surface area contributed by atoms with Crippen molar-refractivity contribution in [3.63, 3.8) is 0 Å². The Morgan fingerprint density at radius 3 is 2.26 bits per heavy atom. The molecule has 1 aliphatic heterocycles. The Morgan fingerprint density at radius 2 is 1.84 bits per heavy atom. The van der Waals surface area contributed by atoms with Gasteiger partial charge < -0.3 is 4.74 Å². The summed E-state index contributed by atoms with van der Waals surface area (Å²) in [5.41, 5.74) is 3.43. The van der Waals surface area contributed by atoms with Crippen LogP contribution in [-0.2, 0) is 4.74 Å². The van der Waals surface area contributed by atoms with Crippen LogP contribution in [0.25, 0.3) is 0 Å². The van der Waals surface area contributed by atoms with Crippen molar-refractivity contribution in [2.24, 2.45) is 11.8 Å². The maximum Gasteiger partial charge on any atom is 0.123 e. The molecule has 0 spiro atoms. The van der Waals surface area contributed by atoms with Crippen molar-refractivity contribution in [2.45, 2.75) is 51.4 Å². The zero-order valence-electron chi connectivity index (χ0n) is 12.0. The van der Waals surface area contributed by atoms with Crippen LogP contribution in [0.15, 0.2) is 24.3 Å². The summed E-state index contributed by atoms with van der Waals surface area (Å²) >= 11 is 0. The van der Waals surface area contributed by atoms with Crippen LogP contribution in [0.5, 0.6) is 0 Å². The molecule has 1 aliphatic rings. The standard InChI is InChI=1S/C15H23FN2O/c1-14(2)9-12(15(3,4)19-14)13(18-17)10-5-7-11(16)8-6-10/h5-8,12-13,18H,9,17H2,1-4H3. The first-order chi connectivity index (χ1) is 8.75. The Hall–Kier alpha value is -0.970. The van der Waals surface area contributed by atoms with E-state index in [1.54, 1.807) is 12.1 Å². The van der Waals surface area contributed by atoms with Crippen LogP contribution >= 0.6 is 0 Å². The molecule has 1 aromatic rings. The Morgan fingerprint density at radius 1 is 1.26 bits per heavy atom. The van der Waals surface area contributed by atoms with E-state index in [0.29, 0.717) is 0 Å². The predicted molar refractivity (Wildman–Crippen MR) is 73.8 cm³/mol. The minimum absolute atomic E-state index is 0.0441. The molecule has 1 saturated heterocycles. The van der Waals surface area contributed by atoms with Gasteiger partial charge in [-0.15, -0.1) is 0 Å². The lowest BCUT2D eigenvalue weighted by molar-refractivity contribution is -0.0779. The summed E-state index contributed by atoms with van der Waals surface area (Å²) in [6, 6.07) is 6.45. The van der Waals surface area contributed by atoms with Crippen LogP contribution in [0.1, 0.15) is 45.7 Å². The Balaban J connectivity index is 2.29. The number of hydrazine groups is 1. The summed E-state index contributed by atoms with van der Waals surface area (Å²) in [5, 5.41) is 0. The van der Waals surface area contributed by atoms with Crippen molar-refractivity contribution in [2.75, 3.05) is 0 Å². The van der Waals surface area contributed by atoms with Gasteiger partial charge in [-0.05, 0) is 51.8 Å². The topological polar surface area (TPSA) is 47.3 Å². The number of nitrogens with one attached hydrogen (secondary N) is 1. The first-order valence-corrected chi connectivity index (χ1v) is 6.67. The largest absolute Gasteiger partial charge is 0.369 e. The highest BCUT2D eigenvalue weighted by molar-refractivity contribution is 5.22. The number of ether oxygens (including phenoxy) is 1. The van der Waals surface area contributed by atoms with E-state index in [4.69, 9.17) is 10.6 Å². The van der Waals surface area contributed by atoms with Crippen LogP contribution in [0.4, 0.5) is 4.39 Å². The van der Waals surface area contributed by atoms with E-state index < -0.39 is 0 Å². The van der Waals surface area contributed by atoms with Crippen LogP contribution in [0.3, 0.4) is 0 Å². The fourth-order valence-corrected chi connectivity index (χ4v) is 3.24. The van der Waals surface area contributed by atoms with Crippen molar-refractivity contribution in [3.8, 4) is 0 Å². The second-order valence-corrected chi connectivity index (χ2v) is 6.47. The molecule has 0 aromatic heterocycles. The minimum atomic E-state index is -0.269. The first kappa shape index (κ1) is 14.4. The zero-order chi connectivity index (χ0) is 14.3. The molecule has 0 radical (unpaired) electrons. The third kappa shape index (κ3) is 2.96. The van der Waals surface area contributed by atoms with E-state index >= 15 is 0 Å². The van der Waals surface area contributed by atoms with Gasteiger partial charge in [-0.1, -0.05) is 12.1 Å². The highest BCUT2D eigenvalue weighted by atomic mass is 19.1. The van der Waals surface area contributed by atoms with Crippen molar-refractivity contribution >= 4 is 0 Å². The molecule has 1 fully saturated rings. The molecule has 106 valence electrons. The van der Waals surface area contributed by atoms with Crippen molar-refractivity contribution < 1.29 is 9.13 Å². The Kier molecular flexibility index (Phi) is 3.69. The number of nitrogens with two attached hydrogens (primary N) is 1. The summed E-state index contributed by atoms with van der Waals surface area (Å²) in [7, 11) is 0. The molecule has 1 heterocycles. The SMILES string of the molecule is CC1(C)CC(C(NN)c2ccc(F)cc2)C(C)(C)O1. The van der Waals surface area contributed by atoms with E-state index in [1.807, 2.05) is 0 Å². The third-order valence-corrected chi connectivity index (χ3v) is 3.95. The third-order valence-electron chi connectivity index (χ3n) is 3.95. The molecule has 4 heteroatoms. The maximum absolute atomic E-state index is 13.0. The lowest BCUT2D eigenvalue weighted by Crippen LogP contribution is -2.41. The smallest absolute Gasteiger partial charge is 0.123 e. The van der Waals surface area contributed by atoms with Gasteiger partial charge in [0.2, 0.25) is 0 Å². The van der Waals surface area contributed by atoms with E-state index in [2.05, 4.69) is 33.1 Å². The van der Waals surface area contributed by atoms with E-state index in [9.17, 15) is 4.39 Å². The van der Waals surface area contributed by atoms with Gasteiger partial charge in [0.05, 0.1) is 17.2 Å². The molecular formula is C15H23FN2O. The van der Waals surface area contributed by atoms with Crippen molar-refractivity contribution in [3.05, 3.63) is 35.6 Å². The van der Waals surface area contributed by atoms with Gasteiger partial charge in [0.15, 0.2) is 0 Å². The second-order valence-electron chi connectivity index (χ2n) is 6.47. The molecule has 0 aliphatic carbocycles. The summed E-state index contributed by atoms with van der Waals surface area (Å²) in [5.74, 6) is 5.73. The highest BCUT2D eigenvalue weighted by Crippen LogP contribution is 2.47. The first-order valence-electron chi connectivity index (χ1n) is 6.67. The van der Waals surface area contributed by atoms with Gasteiger partial charge in [0.1, 0.15) is 5.82 Å². The average Bonchev–Trinajstić information content (AvgIpc) is 2.51. The summed E-state index contributed by atoms with van der Waals surface area (Å²) in [6.45, 7) is 8.35. The Bertz CT molecular complexity index is 442. The van der Waals surface area contributed by atoms with E-state index in [-0.39, 0.29) is 29.0 Å². The number of hydrogen-bond donors (Lipinski definition) is 2. The monoisotopic (exact) mass is 266 g/mol. The van der Waals surface area contributed by atoms with Gasteiger partial charge in [0, 0.05) is 5.92 Å². The fourth-order valence-electron chi connectivity index (χ4n) is 3.24. The van der Waals surface area contributed by atoms with Crippen LogP contribution < -0.4 is 11.3 Å². The average molecular weight is 266 g/mol. The summed E-state index contributed by atoms with van der Waals surface area (Å²) in [6.07, 6.45) is 0.909. The van der Waals surface area contributed by atoms with Crippen molar-refractivity contribution in [1.29, 1.82) is 0 Å². The molecule has 1 aromatic carbocycles. The molecule has 0 bridgehead atoms. The quantitative estimate of drug-likeness (QED) is 0.653. The fraction of sp³-hybridized carbons (Fsp3) is 0.600. The van der Waals surface area contributed by atoms with Gasteiger partial charge in [-0.25, -0.2) is 4.39 Å². The van der Waals surface area contributed by atoms with Gasteiger partial charge in [-0.3, -0.25) is 11.3 Å². The molecule has 0 saturated carbocycles. The lowest BCUT2D eigenvalue weighted by atomic mass is 9.79. The van der Waals surface area contributed by atoms with E-state index in [1.165, 1.54) is 12.1 Å². The maximum atomic E-state index is 13.0. The van der Waals surface area contributed by atoms with Gasteiger partial charge in [0.25, 0.3) is 0 Å². The summed E-state index contributed by atoms with van der Waals surface area (Å²) in [4.78, 5) is 0. The van der Waals surface area contributed by atoms with Crippen LogP contribution in [0, 0.1) is 11.7 Å². The molecular weight excluding hydrogens is 243 g/mol. The number of halogens is 1. The molecule has 3 N–H and O–H groups in total. The zero-order valence-corrected chi connectivity index (χ0v) is 12.0. The normalized spacial score (nSPS) is 26.3. The molecule has 2 unspecified atom stereocenters. The van der Waals surface area contributed by atoms with Crippen LogP contribution in [-0.4, -0.2) is 11.2 Å². The van der Waals surface area contributed by atoms with E-state index in [0.717, 1.165) is 12.0 Å². The van der Waals surface area contributed by atoms with Gasteiger partial charge >= 0.3 is 0 Å². The van der Waals surface area contributed by atoms with Gasteiger partial charge in [-0.2, -0.15) is 0 Å². The number of hydrogen-bond acceptors (Lipinski definition) is 3.